The van der Waals surface area contributed by atoms with Gasteiger partial charge in [0.25, 0.3) is 0 Å². The zero-order chi connectivity index (χ0) is 22.2. The van der Waals surface area contributed by atoms with Gasteiger partial charge in [-0.2, -0.15) is 18.3 Å². The molecule has 0 aliphatic heterocycles. The summed E-state index contributed by atoms with van der Waals surface area (Å²) in [6.45, 7) is 1.45. The van der Waals surface area contributed by atoms with E-state index in [2.05, 4.69) is 10.2 Å². The summed E-state index contributed by atoms with van der Waals surface area (Å²) < 4.78 is 45.0. The number of aryl methyl sites for hydroxylation is 1. The molecule has 0 fully saturated rings. The number of aliphatic carboxylic acids is 1. The lowest BCUT2D eigenvalue weighted by Gasteiger charge is -2.18. The predicted molar refractivity (Wildman–Crippen MR) is 110 cm³/mol. The number of hydrogen-bond donors (Lipinski definition) is 2. The summed E-state index contributed by atoms with van der Waals surface area (Å²) >= 11 is 1.44. The average Bonchev–Trinajstić information content (AvgIpc) is 3.35. The minimum atomic E-state index is -4.40. The van der Waals surface area contributed by atoms with Crippen LogP contribution in [0.3, 0.4) is 0 Å². The number of fused-ring (bicyclic) bond motifs is 1. The van der Waals surface area contributed by atoms with Crippen molar-refractivity contribution in [2.24, 2.45) is 0 Å². The van der Waals surface area contributed by atoms with Crippen LogP contribution in [0.5, 0.6) is 0 Å². The number of carboxylic acids is 1. The van der Waals surface area contributed by atoms with Crippen molar-refractivity contribution in [3.63, 3.8) is 0 Å². The van der Waals surface area contributed by atoms with Gasteiger partial charge in [-0.1, -0.05) is 12.1 Å². The van der Waals surface area contributed by atoms with Gasteiger partial charge in [0, 0.05) is 27.6 Å². The summed E-state index contributed by atoms with van der Waals surface area (Å²) in [5, 5.41) is 16.2. The third-order valence-corrected chi connectivity index (χ3v) is 6.21. The molecule has 0 saturated carbocycles. The van der Waals surface area contributed by atoms with Gasteiger partial charge < -0.3 is 9.52 Å². The predicted octanol–water partition coefficient (Wildman–Crippen LogP) is 5.99. The number of aromatic amines is 1. The molecule has 1 unspecified atom stereocenters. The van der Waals surface area contributed by atoms with Gasteiger partial charge in [0.1, 0.15) is 5.58 Å². The fourth-order valence-electron chi connectivity index (χ4n) is 3.47. The van der Waals surface area contributed by atoms with E-state index in [-0.39, 0.29) is 17.2 Å². The first kappa shape index (κ1) is 21.0. The Labute approximate surface area is 179 Å². The largest absolute Gasteiger partial charge is 0.481 e. The molecule has 2 aromatic heterocycles. The van der Waals surface area contributed by atoms with Crippen LogP contribution in [0.1, 0.15) is 33.1 Å². The molecule has 0 saturated heterocycles. The van der Waals surface area contributed by atoms with E-state index < -0.39 is 17.7 Å². The molecule has 0 spiro atoms. The summed E-state index contributed by atoms with van der Waals surface area (Å²) in [5.74, 6) is -0.946. The van der Waals surface area contributed by atoms with E-state index in [1.54, 1.807) is 30.6 Å². The lowest BCUT2D eigenvalue weighted by atomic mass is 10.0. The van der Waals surface area contributed by atoms with E-state index in [1.807, 2.05) is 6.07 Å². The van der Waals surface area contributed by atoms with Gasteiger partial charge in [-0.15, -0.1) is 11.8 Å². The molecule has 0 amide bonds. The highest BCUT2D eigenvalue weighted by molar-refractivity contribution is 7.99. The minimum Gasteiger partial charge on any atom is -0.481 e. The monoisotopic (exact) mass is 446 g/mol. The molecule has 2 heterocycles. The Morgan fingerprint density at radius 3 is 2.68 bits per heavy atom. The Morgan fingerprint density at radius 2 is 2.03 bits per heavy atom. The molecule has 2 aromatic carbocycles. The van der Waals surface area contributed by atoms with Crippen LogP contribution in [0.4, 0.5) is 13.2 Å². The van der Waals surface area contributed by atoms with Crippen LogP contribution in [0.25, 0.3) is 11.0 Å². The van der Waals surface area contributed by atoms with Gasteiger partial charge in [-0.3, -0.25) is 9.89 Å². The molecule has 4 aromatic rings. The highest BCUT2D eigenvalue weighted by atomic mass is 32.2. The maximum absolute atomic E-state index is 13.2. The summed E-state index contributed by atoms with van der Waals surface area (Å²) in [6, 6.07) is 9.57. The second-order valence-electron chi connectivity index (χ2n) is 7.09. The second-order valence-corrected chi connectivity index (χ2v) is 8.27. The van der Waals surface area contributed by atoms with Gasteiger partial charge in [-0.25, -0.2) is 0 Å². The van der Waals surface area contributed by atoms with Crippen molar-refractivity contribution < 1.29 is 27.5 Å². The molecule has 0 aliphatic rings. The minimum absolute atomic E-state index is 0.137. The van der Waals surface area contributed by atoms with E-state index in [0.29, 0.717) is 16.7 Å². The number of hydrogen-bond acceptors (Lipinski definition) is 4. The molecule has 160 valence electrons. The number of furan rings is 1. The Balaban J connectivity index is 1.69. The van der Waals surface area contributed by atoms with Crippen molar-refractivity contribution in [3.8, 4) is 0 Å². The molecule has 5 nitrogen and oxygen atoms in total. The first-order chi connectivity index (χ1) is 14.7. The summed E-state index contributed by atoms with van der Waals surface area (Å²) in [6.07, 6.45) is 0.239. The highest BCUT2D eigenvalue weighted by Crippen LogP contribution is 2.43. The number of rotatable bonds is 6. The normalized spacial score (nSPS) is 12.9. The SMILES string of the molecule is Cc1cc(C(Sc2ccc3c(CC(=O)O)coc3c2)c2cn[nH]c2)ccc1C(F)(F)F. The summed E-state index contributed by atoms with van der Waals surface area (Å²) in [5.41, 5.74) is 2.16. The van der Waals surface area contributed by atoms with Crippen LogP contribution in [0.15, 0.2) is 64.4 Å². The lowest BCUT2D eigenvalue weighted by molar-refractivity contribution is -0.138. The topological polar surface area (TPSA) is 79.1 Å². The standard InChI is InChI=1S/C22H17F3N2O3S/c1-12-6-13(2-5-18(12)22(23,24)25)21(15-9-26-27-10-15)31-16-3-4-17-14(7-20(28)29)11-30-19(17)8-16/h2-6,8-11,21H,7H2,1H3,(H,26,27)(H,28,29). The average molecular weight is 446 g/mol. The Hall–Kier alpha value is -3.20. The fourth-order valence-corrected chi connectivity index (χ4v) is 4.62. The first-order valence-electron chi connectivity index (χ1n) is 9.27. The van der Waals surface area contributed by atoms with Crippen LogP contribution < -0.4 is 0 Å². The summed E-state index contributed by atoms with van der Waals surface area (Å²) in [7, 11) is 0. The smallest absolute Gasteiger partial charge is 0.416 e. The number of thioether (sulfide) groups is 1. The Kier molecular flexibility index (Phi) is 5.53. The molecule has 2 N–H and O–H groups in total. The van der Waals surface area contributed by atoms with Gasteiger partial charge in [0.05, 0.1) is 29.7 Å². The van der Waals surface area contributed by atoms with Crippen molar-refractivity contribution in [1.29, 1.82) is 0 Å². The van der Waals surface area contributed by atoms with Crippen molar-refractivity contribution in [3.05, 3.63) is 82.9 Å². The van der Waals surface area contributed by atoms with Crippen molar-refractivity contribution in [1.82, 2.24) is 10.2 Å². The molecule has 0 radical (unpaired) electrons. The van der Waals surface area contributed by atoms with Crippen LogP contribution >= 0.6 is 11.8 Å². The Morgan fingerprint density at radius 1 is 1.23 bits per heavy atom. The maximum atomic E-state index is 13.2. The second kappa shape index (κ2) is 8.14. The molecule has 4 rings (SSSR count). The number of carbonyl (C=O) groups is 1. The fraction of sp³-hybridized carbons (Fsp3) is 0.182. The number of aromatic nitrogens is 2. The molecule has 0 bridgehead atoms. The van der Waals surface area contributed by atoms with Crippen LogP contribution in [0, 0.1) is 6.92 Å². The molecule has 1 atom stereocenters. The van der Waals surface area contributed by atoms with E-state index in [1.165, 1.54) is 31.0 Å². The lowest BCUT2D eigenvalue weighted by Crippen LogP contribution is -2.08. The van der Waals surface area contributed by atoms with Crippen molar-refractivity contribution >= 4 is 28.7 Å². The number of alkyl halides is 3. The zero-order valence-electron chi connectivity index (χ0n) is 16.2. The van der Waals surface area contributed by atoms with E-state index in [9.17, 15) is 18.0 Å². The Bertz CT molecular complexity index is 1230. The van der Waals surface area contributed by atoms with Gasteiger partial charge >= 0.3 is 12.1 Å². The molecular formula is C22H17F3N2O3S. The first-order valence-corrected chi connectivity index (χ1v) is 10.2. The van der Waals surface area contributed by atoms with Crippen LogP contribution in [-0.2, 0) is 17.4 Å². The third kappa shape index (κ3) is 4.46. The number of benzene rings is 2. The number of nitrogens with zero attached hydrogens (tertiary/aromatic N) is 1. The van der Waals surface area contributed by atoms with Crippen LogP contribution in [-0.4, -0.2) is 21.3 Å². The van der Waals surface area contributed by atoms with Gasteiger partial charge in [0.15, 0.2) is 0 Å². The number of carboxylic acid groups (broad SMARTS) is 1. The number of H-pyrrole nitrogens is 1. The van der Waals surface area contributed by atoms with E-state index in [4.69, 9.17) is 9.52 Å². The van der Waals surface area contributed by atoms with Crippen LogP contribution in [0.2, 0.25) is 0 Å². The molecule has 0 aliphatic carbocycles. The maximum Gasteiger partial charge on any atom is 0.416 e. The van der Waals surface area contributed by atoms with Crippen molar-refractivity contribution in [2.75, 3.05) is 0 Å². The zero-order valence-corrected chi connectivity index (χ0v) is 17.1. The van der Waals surface area contributed by atoms with Gasteiger partial charge in [-0.05, 0) is 42.3 Å². The van der Waals surface area contributed by atoms with Gasteiger partial charge in [0.2, 0.25) is 0 Å². The highest BCUT2D eigenvalue weighted by Gasteiger charge is 2.32. The number of halogens is 3. The molecule has 9 heteroatoms. The summed E-state index contributed by atoms with van der Waals surface area (Å²) in [4.78, 5) is 11.8. The third-order valence-electron chi connectivity index (χ3n) is 4.90. The quantitative estimate of drug-likeness (QED) is 0.356. The van der Waals surface area contributed by atoms with E-state index in [0.717, 1.165) is 21.9 Å². The number of nitrogens with one attached hydrogen (secondary N) is 1. The van der Waals surface area contributed by atoms with Crippen molar-refractivity contribution in [2.45, 2.75) is 29.7 Å². The molecule has 31 heavy (non-hydrogen) atoms. The van der Waals surface area contributed by atoms with E-state index >= 15 is 0 Å². The molecular weight excluding hydrogens is 429 g/mol.